The summed E-state index contributed by atoms with van der Waals surface area (Å²) in [5.41, 5.74) is 2.84. The Hall–Kier alpha value is -4.14. The summed E-state index contributed by atoms with van der Waals surface area (Å²) in [6, 6.07) is 30.8. The Morgan fingerprint density at radius 3 is 2.07 bits per heavy atom. The van der Waals surface area contributed by atoms with Gasteiger partial charge >= 0.3 is 0 Å². The number of benzene rings is 4. The minimum absolute atomic E-state index is 0.0435. The molecule has 43 heavy (non-hydrogen) atoms. The first-order valence-corrected chi connectivity index (χ1v) is 16.0. The van der Waals surface area contributed by atoms with Crippen LogP contribution in [0.2, 0.25) is 5.02 Å². The molecule has 2 amide bonds. The first-order valence-electron chi connectivity index (χ1n) is 14.2. The van der Waals surface area contributed by atoms with E-state index in [4.69, 9.17) is 11.6 Å². The highest BCUT2D eigenvalue weighted by molar-refractivity contribution is 7.92. The maximum Gasteiger partial charge on any atom is 0.264 e. The van der Waals surface area contributed by atoms with E-state index >= 15 is 0 Å². The zero-order chi connectivity index (χ0) is 30.8. The highest BCUT2D eigenvalue weighted by atomic mass is 35.5. The second-order valence-electron chi connectivity index (χ2n) is 10.3. The average Bonchev–Trinajstić information content (AvgIpc) is 3.01. The summed E-state index contributed by atoms with van der Waals surface area (Å²) >= 11 is 6.27. The third kappa shape index (κ3) is 8.46. The van der Waals surface area contributed by atoms with E-state index in [0.717, 1.165) is 27.4 Å². The van der Waals surface area contributed by atoms with Crippen LogP contribution in [0.4, 0.5) is 5.69 Å². The highest BCUT2D eigenvalue weighted by Gasteiger charge is 2.34. The van der Waals surface area contributed by atoms with Crippen molar-refractivity contribution in [3.63, 3.8) is 0 Å². The Bertz CT molecular complexity index is 1610. The van der Waals surface area contributed by atoms with Gasteiger partial charge in [0.25, 0.3) is 10.0 Å². The Balaban J connectivity index is 1.78. The molecule has 4 rings (SSSR count). The smallest absolute Gasteiger partial charge is 0.264 e. The zero-order valence-electron chi connectivity index (χ0n) is 24.3. The van der Waals surface area contributed by atoms with E-state index in [-0.39, 0.29) is 29.5 Å². The van der Waals surface area contributed by atoms with Crippen LogP contribution in [0.5, 0.6) is 0 Å². The largest absolute Gasteiger partial charge is 0.354 e. The fraction of sp³-hybridized carbons (Fsp3) is 0.235. The van der Waals surface area contributed by atoms with Gasteiger partial charge in [-0.3, -0.25) is 13.9 Å². The molecule has 7 nitrogen and oxygen atoms in total. The summed E-state index contributed by atoms with van der Waals surface area (Å²) < 4.78 is 29.1. The number of hydrogen-bond donors (Lipinski definition) is 1. The first-order chi connectivity index (χ1) is 20.7. The molecule has 1 atom stereocenters. The maximum atomic E-state index is 14.4. The molecule has 0 bridgehead atoms. The molecule has 0 aliphatic rings. The molecule has 0 aliphatic carbocycles. The van der Waals surface area contributed by atoms with E-state index in [1.54, 1.807) is 30.3 Å². The molecule has 1 N–H and O–H groups in total. The Morgan fingerprint density at radius 2 is 1.47 bits per heavy atom. The van der Waals surface area contributed by atoms with Gasteiger partial charge < -0.3 is 10.2 Å². The van der Waals surface area contributed by atoms with Gasteiger partial charge in [-0.05, 0) is 54.8 Å². The molecule has 0 fully saturated rings. The van der Waals surface area contributed by atoms with Crippen LogP contribution in [-0.4, -0.2) is 44.3 Å². The molecule has 0 spiro atoms. The van der Waals surface area contributed by atoms with Crippen LogP contribution in [0.15, 0.2) is 114 Å². The number of sulfonamides is 1. The topological polar surface area (TPSA) is 86.8 Å². The van der Waals surface area contributed by atoms with Gasteiger partial charge in [0.15, 0.2) is 0 Å². The lowest BCUT2D eigenvalue weighted by molar-refractivity contribution is -0.140. The molecule has 0 heterocycles. The lowest BCUT2D eigenvalue weighted by Crippen LogP contribution is -2.53. The molecular formula is C34H36ClN3O4S. The van der Waals surface area contributed by atoms with E-state index in [9.17, 15) is 18.0 Å². The van der Waals surface area contributed by atoms with E-state index in [1.165, 1.54) is 23.1 Å². The average molecular weight is 618 g/mol. The van der Waals surface area contributed by atoms with E-state index in [2.05, 4.69) is 5.32 Å². The van der Waals surface area contributed by atoms with Gasteiger partial charge in [0.2, 0.25) is 11.8 Å². The Morgan fingerprint density at radius 1 is 0.837 bits per heavy atom. The number of nitrogens with one attached hydrogen (secondary N) is 1. The van der Waals surface area contributed by atoms with Gasteiger partial charge in [0, 0.05) is 24.5 Å². The van der Waals surface area contributed by atoms with Gasteiger partial charge in [0.05, 0.1) is 10.6 Å². The quantitative estimate of drug-likeness (QED) is 0.199. The summed E-state index contributed by atoms with van der Waals surface area (Å²) in [5.74, 6) is -0.822. The van der Waals surface area contributed by atoms with Crippen molar-refractivity contribution in [2.45, 2.75) is 44.2 Å². The highest BCUT2D eigenvalue weighted by Crippen LogP contribution is 2.27. The van der Waals surface area contributed by atoms with E-state index in [1.807, 2.05) is 74.5 Å². The molecule has 4 aromatic rings. The third-order valence-electron chi connectivity index (χ3n) is 7.00. The van der Waals surface area contributed by atoms with Crippen LogP contribution in [0.3, 0.4) is 0 Å². The SMILES string of the molecule is CCCNC(=O)[C@H](Cc1ccccc1)N(Cc1ccccc1)C(=O)CN(c1cccc(Cl)c1)S(=O)(=O)c1ccc(C)cc1. The molecular weight excluding hydrogens is 582 g/mol. The van der Waals surface area contributed by atoms with Gasteiger partial charge in [-0.1, -0.05) is 103 Å². The minimum atomic E-state index is -4.18. The lowest BCUT2D eigenvalue weighted by atomic mass is 10.0. The normalized spacial score (nSPS) is 11.9. The van der Waals surface area contributed by atoms with Crippen LogP contribution in [0.1, 0.15) is 30.0 Å². The van der Waals surface area contributed by atoms with E-state index in [0.29, 0.717) is 11.6 Å². The van der Waals surface area contributed by atoms with Gasteiger partial charge in [-0.25, -0.2) is 8.42 Å². The molecule has 0 radical (unpaired) electrons. The number of carbonyl (C=O) groups is 2. The summed E-state index contributed by atoms with van der Waals surface area (Å²) in [7, 11) is -4.18. The zero-order valence-corrected chi connectivity index (χ0v) is 25.9. The van der Waals surface area contributed by atoms with Crippen molar-refractivity contribution in [1.29, 1.82) is 0 Å². The number of nitrogens with zero attached hydrogens (tertiary/aromatic N) is 2. The van der Waals surface area contributed by atoms with Crippen molar-refractivity contribution in [1.82, 2.24) is 10.2 Å². The van der Waals surface area contributed by atoms with Crippen molar-refractivity contribution in [3.8, 4) is 0 Å². The number of aryl methyl sites for hydroxylation is 1. The van der Waals surface area contributed by atoms with Gasteiger partial charge in [0.1, 0.15) is 12.6 Å². The van der Waals surface area contributed by atoms with Crippen LogP contribution < -0.4 is 9.62 Å². The second-order valence-corrected chi connectivity index (χ2v) is 12.6. The minimum Gasteiger partial charge on any atom is -0.354 e. The molecule has 0 saturated carbocycles. The summed E-state index contributed by atoms with van der Waals surface area (Å²) in [5, 5.41) is 3.28. The van der Waals surface area contributed by atoms with Gasteiger partial charge in [-0.2, -0.15) is 0 Å². The number of halogens is 1. The predicted octanol–water partition coefficient (Wildman–Crippen LogP) is 6.01. The molecule has 9 heteroatoms. The molecule has 0 unspecified atom stereocenters. The summed E-state index contributed by atoms with van der Waals surface area (Å²) in [4.78, 5) is 29.5. The number of hydrogen-bond acceptors (Lipinski definition) is 4. The summed E-state index contributed by atoms with van der Waals surface area (Å²) in [6.45, 7) is 3.86. The standard InChI is InChI=1S/C34H36ClN3O4S/c1-3-21-36-34(40)32(22-27-11-6-4-7-12-27)37(24-28-13-8-5-9-14-28)33(39)25-38(30-16-10-15-29(35)23-30)43(41,42)31-19-17-26(2)18-20-31/h4-20,23,32H,3,21-22,24-25H2,1-2H3,(H,36,40)/t32-/m0/s1. The molecule has 4 aromatic carbocycles. The van der Waals surface area contributed by atoms with Crippen LogP contribution in [-0.2, 0) is 32.6 Å². The predicted molar refractivity (Wildman–Crippen MR) is 171 cm³/mol. The number of amides is 2. The molecule has 0 aliphatic heterocycles. The Kier molecular flexibility index (Phi) is 11.0. The second kappa shape index (κ2) is 14.8. The third-order valence-corrected chi connectivity index (χ3v) is 9.02. The van der Waals surface area contributed by atoms with Crippen molar-refractivity contribution in [2.75, 3.05) is 17.4 Å². The Labute approximate surface area is 259 Å². The monoisotopic (exact) mass is 617 g/mol. The summed E-state index contributed by atoms with van der Waals surface area (Å²) in [6.07, 6.45) is 0.991. The molecule has 224 valence electrons. The van der Waals surface area contributed by atoms with Crippen molar-refractivity contribution < 1.29 is 18.0 Å². The van der Waals surface area contributed by atoms with Gasteiger partial charge in [-0.15, -0.1) is 0 Å². The number of carbonyl (C=O) groups excluding carboxylic acids is 2. The van der Waals surface area contributed by atoms with Crippen LogP contribution >= 0.6 is 11.6 Å². The molecule has 0 aromatic heterocycles. The number of anilines is 1. The van der Waals surface area contributed by atoms with Crippen molar-refractivity contribution in [2.24, 2.45) is 0 Å². The first kappa shape index (κ1) is 31.8. The lowest BCUT2D eigenvalue weighted by Gasteiger charge is -2.34. The molecule has 0 saturated heterocycles. The van der Waals surface area contributed by atoms with E-state index < -0.39 is 28.5 Å². The van der Waals surface area contributed by atoms with Crippen molar-refractivity contribution >= 4 is 39.1 Å². The maximum absolute atomic E-state index is 14.4. The fourth-order valence-corrected chi connectivity index (χ4v) is 6.29. The fourth-order valence-electron chi connectivity index (χ4n) is 4.70. The number of rotatable bonds is 13. The van der Waals surface area contributed by atoms with Crippen LogP contribution in [0.25, 0.3) is 0 Å². The van der Waals surface area contributed by atoms with Crippen LogP contribution in [0, 0.1) is 6.92 Å². The van der Waals surface area contributed by atoms with Crippen molar-refractivity contribution in [3.05, 3.63) is 131 Å².